The van der Waals surface area contributed by atoms with Crippen molar-refractivity contribution in [2.75, 3.05) is 0 Å². The van der Waals surface area contributed by atoms with Crippen LogP contribution in [-0.4, -0.2) is 12.0 Å². The van der Waals surface area contributed by atoms with Crippen LogP contribution in [0.2, 0.25) is 0 Å². The molecule has 0 bridgehead atoms. The molecule has 1 nitrogen and oxygen atoms in total. The number of halogens is 3. The number of hydrogen-bond acceptors (Lipinski definition) is 1. The highest BCUT2D eigenvalue weighted by atomic mass is 19.4. The second-order valence-electron chi connectivity index (χ2n) is 3.46. The van der Waals surface area contributed by atoms with Gasteiger partial charge in [-0.15, -0.1) is 0 Å². The van der Waals surface area contributed by atoms with E-state index >= 15 is 0 Å². The Morgan fingerprint density at radius 2 is 1.92 bits per heavy atom. The molecule has 1 atom stereocenters. The van der Waals surface area contributed by atoms with E-state index in [1.54, 1.807) is 0 Å². The third kappa shape index (κ3) is 1.34. The number of alkyl halides is 3. The molecule has 1 aliphatic rings. The fourth-order valence-corrected chi connectivity index (χ4v) is 1.48. The smallest absolute Gasteiger partial charge is 0.299 e. The van der Waals surface area contributed by atoms with Crippen molar-refractivity contribution in [2.24, 2.45) is 5.41 Å². The predicted octanol–water partition coefficient (Wildman–Crippen LogP) is 2.70. The molecule has 1 fully saturated rings. The lowest BCUT2D eigenvalue weighted by atomic mass is 9.74. The first-order valence-corrected chi connectivity index (χ1v) is 3.98. The Bertz CT molecular complexity index is 197. The minimum Gasteiger partial charge on any atom is -0.299 e. The quantitative estimate of drug-likeness (QED) is 0.560. The molecular formula is C8H11F3O. The summed E-state index contributed by atoms with van der Waals surface area (Å²) in [5, 5.41) is 0. The standard InChI is InChI=1S/C8H11F3O/c1-7(8(9,10)11)5-3-2-4-6(7)12/h2-5H2,1H3/t7-/m1/s1. The van der Waals surface area contributed by atoms with Gasteiger partial charge in [-0.1, -0.05) is 6.42 Å². The zero-order valence-electron chi connectivity index (χ0n) is 6.87. The van der Waals surface area contributed by atoms with Crippen molar-refractivity contribution in [3.05, 3.63) is 0 Å². The molecular weight excluding hydrogens is 169 g/mol. The van der Waals surface area contributed by atoms with E-state index < -0.39 is 17.4 Å². The number of Topliss-reactive ketones (excluding diaryl/α,β-unsaturated/α-hetero) is 1. The molecule has 0 spiro atoms. The van der Waals surface area contributed by atoms with Crippen LogP contribution in [0.25, 0.3) is 0 Å². The van der Waals surface area contributed by atoms with E-state index in [1.807, 2.05) is 0 Å². The Balaban J connectivity index is 2.87. The normalized spacial score (nSPS) is 32.2. The molecule has 0 aromatic carbocycles. The maximum atomic E-state index is 12.4. The summed E-state index contributed by atoms with van der Waals surface area (Å²) < 4.78 is 37.1. The topological polar surface area (TPSA) is 17.1 Å². The highest BCUT2D eigenvalue weighted by Gasteiger charge is 2.56. The zero-order valence-corrected chi connectivity index (χ0v) is 6.87. The molecule has 0 unspecified atom stereocenters. The maximum absolute atomic E-state index is 12.4. The van der Waals surface area contributed by atoms with Crippen LogP contribution in [0.4, 0.5) is 13.2 Å². The van der Waals surface area contributed by atoms with Gasteiger partial charge in [0.1, 0.15) is 11.2 Å². The van der Waals surface area contributed by atoms with Crippen molar-refractivity contribution in [2.45, 2.75) is 38.8 Å². The molecule has 1 saturated carbocycles. The third-order valence-electron chi connectivity index (χ3n) is 2.57. The average Bonchev–Trinajstić information content (AvgIpc) is 1.93. The molecule has 70 valence electrons. The second-order valence-corrected chi connectivity index (χ2v) is 3.46. The number of carbonyl (C=O) groups excluding carboxylic acids is 1. The van der Waals surface area contributed by atoms with Crippen molar-refractivity contribution >= 4 is 5.78 Å². The summed E-state index contributed by atoms with van der Waals surface area (Å²) in [5.74, 6) is -0.652. The summed E-state index contributed by atoms with van der Waals surface area (Å²) in [5.41, 5.74) is -2.06. The molecule has 1 rings (SSSR count). The van der Waals surface area contributed by atoms with Gasteiger partial charge in [0.2, 0.25) is 0 Å². The van der Waals surface area contributed by atoms with Crippen molar-refractivity contribution in [1.82, 2.24) is 0 Å². The van der Waals surface area contributed by atoms with Crippen molar-refractivity contribution in [3.63, 3.8) is 0 Å². The minimum absolute atomic E-state index is 0.0463. The third-order valence-corrected chi connectivity index (χ3v) is 2.57. The molecule has 0 saturated heterocycles. The summed E-state index contributed by atoms with van der Waals surface area (Å²) in [6.45, 7) is 1.01. The van der Waals surface area contributed by atoms with E-state index in [4.69, 9.17) is 0 Å². The first-order valence-electron chi connectivity index (χ1n) is 3.98. The molecule has 0 amide bonds. The van der Waals surface area contributed by atoms with Gasteiger partial charge in [-0.2, -0.15) is 13.2 Å². The lowest BCUT2D eigenvalue weighted by molar-refractivity contribution is -0.220. The van der Waals surface area contributed by atoms with Crippen LogP contribution in [-0.2, 0) is 4.79 Å². The summed E-state index contributed by atoms with van der Waals surface area (Å²) >= 11 is 0. The van der Waals surface area contributed by atoms with E-state index in [0.29, 0.717) is 12.8 Å². The summed E-state index contributed by atoms with van der Waals surface area (Å²) in [4.78, 5) is 11.0. The van der Waals surface area contributed by atoms with Gasteiger partial charge in [0, 0.05) is 6.42 Å². The first kappa shape index (κ1) is 9.55. The monoisotopic (exact) mass is 180 g/mol. The fourth-order valence-electron chi connectivity index (χ4n) is 1.48. The number of hydrogen-bond donors (Lipinski definition) is 0. The van der Waals surface area contributed by atoms with Gasteiger partial charge in [0.15, 0.2) is 0 Å². The van der Waals surface area contributed by atoms with Crippen molar-refractivity contribution < 1.29 is 18.0 Å². The summed E-state index contributed by atoms with van der Waals surface area (Å²) in [6, 6.07) is 0. The Morgan fingerprint density at radius 3 is 2.25 bits per heavy atom. The Hall–Kier alpha value is -0.540. The van der Waals surface area contributed by atoms with Gasteiger partial charge in [-0.3, -0.25) is 4.79 Å². The second kappa shape index (κ2) is 2.75. The van der Waals surface area contributed by atoms with Crippen LogP contribution < -0.4 is 0 Å². The van der Waals surface area contributed by atoms with E-state index in [2.05, 4.69) is 0 Å². The minimum atomic E-state index is -4.37. The molecule has 12 heavy (non-hydrogen) atoms. The molecule has 0 aromatic rings. The van der Waals surface area contributed by atoms with E-state index in [0.717, 1.165) is 6.92 Å². The molecule has 4 heteroatoms. The highest BCUT2D eigenvalue weighted by Crippen LogP contribution is 2.46. The SMILES string of the molecule is C[C@@]1(C(F)(F)F)CCCCC1=O. The largest absolute Gasteiger partial charge is 0.401 e. The lowest BCUT2D eigenvalue weighted by Crippen LogP contribution is -2.44. The summed E-state index contributed by atoms with van der Waals surface area (Å²) in [6.07, 6.45) is -3.23. The summed E-state index contributed by atoms with van der Waals surface area (Å²) in [7, 11) is 0. The Kier molecular flexibility index (Phi) is 2.19. The molecule has 1 aliphatic carbocycles. The zero-order chi connectivity index (χ0) is 9.41. The highest BCUT2D eigenvalue weighted by molar-refractivity contribution is 5.85. The van der Waals surface area contributed by atoms with Crippen LogP contribution >= 0.6 is 0 Å². The first-order chi connectivity index (χ1) is 5.38. The molecule has 0 aliphatic heterocycles. The van der Waals surface area contributed by atoms with Gasteiger partial charge in [-0.25, -0.2) is 0 Å². The van der Waals surface area contributed by atoms with E-state index in [1.165, 1.54) is 0 Å². The fraction of sp³-hybridized carbons (Fsp3) is 0.875. The predicted molar refractivity (Wildman–Crippen MR) is 37.6 cm³/mol. The number of ketones is 1. The van der Waals surface area contributed by atoms with E-state index in [-0.39, 0.29) is 12.8 Å². The molecule has 0 heterocycles. The maximum Gasteiger partial charge on any atom is 0.401 e. The van der Waals surface area contributed by atoms with Gasteiger partial charge < -0.3 is 0 Å². The Labute approximate surface area is 68.9 Å². The van der Waals surface area contributed by atoms with Crippen LogP contribution in [0.15, 0.2) is 0 Å². The van der Waals surface area contributed by atoms with Gasteiger partial charge in [-0.05, 0) is 19.8 Å². The molecule has 0 radical (unpaired) electrons. The van der Waals surface area contributed by atoms with Gasteiger partial charge >= 0.3 is 6.18 Å². The van der Waals surface area contributed by atoms with Crippen LogP contribution in [0.1, 0.15) is 32.6 Å². The van der Waals surface area contributed by atoms with Gasteiger partial charge in [0.25, 0.3) is 0 Å². The number of carbonyl (C=O) groups is 1. The molecule has 0 N–H and O–H groups in total. The van der Waals surface area contributed by atoms with Crippen LogP contribution in [0.3, 0.4) is 0 Å². The lowest BCUT2D eigenvalue weighted by Gasteiger charge is -2.33. The average molecular weight is 180 g/mol. The van der Waals surface area contributed by atoms with Crippen LogP contribution in [0.5, 0.6) is 0 Å². The molecule has 0 aromatic heterocycles. The van der Waals surface area contributed by atoms with Crippen molar-refractivity contribution in [1.29, 1.82) is 0 Å². The number of rotatable bonds is 0. The van der Waals surface area contributed by atoms with Crippen molar-refractivity contribution in [3.8, 4) is 0 Å². The Morgan fingerprint density at radius 1 is 1.33 bits per heavy atom. The van der Waals surface area contributed by atoms with Crippen LogP contribution in [0, 0.1) is 5.41 Å². The van der Waals surface area contributed by atoms with E-state index in [9.17, 15) is 18.0 Å². The van der Waals surface area contributed by atoms with Gasteiger partial charge in [0.05, 0.1) is 0 Å².